The van der Waals surface area contributed by atoms with Crippen molar-refractivity contribution in [1.29, 1.82) is 0 Å². The van der Waals surface area contributed by atoms with Gasteiger partial charge in [-0.1, -0.05) is 76.1 Å². The summed E-state index contributed by atoms with van der Waals surface area (Å²) in [6.07, 6.45) is 6.85. The molecule has 0 atom stereocenters. The van der Waals surface area contributed by atoms with E-state index in [9.17, 15) is 52.7 Å². The Hall–Kier alpha value is -6.81. The summed E-state index contributed by atoms with van der Waals surface area (Å²) in [4.78, 5) is 6.05. The SMILES string of the molecule is CCCCCCCCCCc1ccc(O[n+]2cccc3ccccc32)cc1.Fc1c(F)c(F)c([B-](c2c(F)c(F)c(F)c(F)c2F)(c2c(F)c(F)c(F)c(F)c2F)c2c(F)c(F)c(F)c(F)c2F)c(F)c1F. The van der Waals surface area contributed by atoms with E-state index in [0.29, 0.717) is 0 Å². The number of hydrogen-bond donors (Lipinski definition) is 0. The summed E-state index contributed by atoms with van der Waals surface area (Å²) in [6, 6.07) is 20.9. The number of hydrogen-bond acceptors (Lipinski definition) is 1. The number of nitrogens with zero attached hydrogens (tertiary/aromatic N) is 1. The van der Waals surface area contributed by atoms with Crippen LogP contribution in [-0.4, -0.2) is 6.15 Å². The molecule has 6 aromatic carbocycles. The molecule has 0 spiro atoms. The molecular formula is C49H32BF20NO. The Labute approximate surface area is 395 Å². The zero-order chi connectivity index (χ0) is 53.1. The zero-order valence-corrected chi connectivity index (χ0v) is 36.7. The van der Waals surface area contributed by atoms with Crippen LogP contribution in [0.25, 0.3) is 10.9 Å². The molecule has 0 N–H and O–H groups in total. The van der Waals surface area contributed by atoms with E-state index in [4.69, 9.17) is 4.84 Å². The molecule has 382 valence electrons. The molecule has 0 radical (unpaired) electrons. The number of pyridine rings is 1. The normalized spacial score (nSPS) is 11.6. The van der Waals surface area contributed by atoms with Gasteiger partial charge in [0.25, 0.3) is 5.52 Å². The Morgan fingerprint density at radius 1 is 0.347 bits per heavy atom. The number of aromatic nitrogens is 1. The Kier molecular flexibility index (Phi) is 16.9. The molecule has 0 bridgehead atoms. The van der Waals surface area contributed by atoms with Crippen molar-refractivity contribution in [2.45, 2.75) is 64.7 Å². The fourth-order valence-corrected chi connectivity index (χ4v) is 8.38. The molecule has 0 saturated heterocycles. The highest BCUT2D eigenvalue weighted by Gasteiger charge is 2.52. The molecule has 0 saturated carbocycles. The fourth-order valence-electron chi connectivity index (χ4n) is 8.38. The lowest BCUT2D eigenvalue weighted by atomic mass is 9.12. The molecule has 0 aliphatic carbocycles. The first-order valence-corrected chi connectivity index (χ1v) is 21.5. The summed E-state index contributed by atoms with van der Waals surface area (Å²) in [5.41, 5.74) is -11.9. The molecule has 0 amide bonds. The van der Waals surface area contributed by atoms with E-state index in [1.165, 1.54) is 62.3 Å². The summed E-state index contributed by atoms with van der Waals surface area (Å²) in [6.45, 7) is 2.27. The molecule has 0 fully saturated rings. The van der Waals surface area contributed by atoms with Crippen molar-refractivity contribution in [2.75, 3.05) is 0 Å². The van der Waals surface area contributed by atoms with E-state index in [-0.39, 0.29) is 0 Å². The van der Waals surface area contributed by atoms with Crippen LogP contribution in [0.4, 0.5) is 87.8 Å². The number of unbranched alkanes of at least 4 members (excludes halogenated alkanes) is 7. The Morgan fingerprint density at radius 2 is 0.653 bits per heavy atom. The number of aryl methyl sites for hydroxylation is 1. The van der Waals surface area contributed by atoms with Gasteiger partial charge in [-0.25, -0.2) is 92.6 Å². The van der Waals surface area contributed by atoms with Crippen LogP contribution in [0.15, 0.2) is 66.9 Å². The standard InChI is InChI=1S/C25H32NO.C24BF20/c1-2-3-4-5-6-7-8-9-13-22-17-19-24(20-18-22)27-26-21-12-15-23-14-10-11-16-25(23)26;26-5-1(6(27)14(35)21(42)13(5)34)25(2-7(28)15(36)22(43)16(37)8(2)29,3-9(30)17(38)23(44)18(39)10(3)31)4-11(32)19(40)24(45)20(41)12(4)33/h10-12,14-21H,2-9,13H2,1H3;/q+1;-1. The van der Waals surface area contributed by atoms with Gasteiger partial charge in [-0.15, -0.1) is 21.9 Å². The minimum absolute atomic E-state index is 0.871. The van der Waals surface area contributed by atoms with Gasteiger partial charge in [-0.3, -0.25) is 0 Å². The lowest BCUT2D eigenvalue weighted by molar-refractivity contribution is -0.854. The highest BCUT2D eigenvalue weighted by molar-refractivity contribution is 7.20. The smallest absolute Gasteiger partial charge is 0.231 e. The largest absolute Gasteiger partial charge is 0.265 e. The molecule has 1 heterocycles. The average molecular weight is 1040 g/mol. The van der Waals surface area contributed by atoms with Crippen LogP contribution in [0.5, 0.6) is 5.75 Å². The fraction of sp³-hybridized carbons (Fsp3) is 0.204. The molecule has 23 heteroatoms. The maximum absolute atomic E-state index is 15.4. The Morgan fingerprint density at radius 3 is 1.01 bits per heavy atom. The lowest BCUT2D eigenvalue weighted by Gasteiger charge is -2.44. The number of halogens is 20. The van der Waals surface area contributed by atoms with Crippen molar-refractivity contribution in [1.82, 2.24) is 0 Å². The maximum atomic E-state index is 15.4. The highest BCUT2D eigenvalue weighted by Crippen LogP contribution is 2.31. The van der Waals surface area contributed by atoms with Crippen LogP contribution in [0.3, 0.4) is 0 Å². The van der Waals surface area contributed by atoms with E-state index in [2.05, 4.69) is 49.4 Å². The van der Waals surface area contributed by atoms with Gasteiger partial charge in [-0.2, -0.15) is 0 Å². The second-order valence-corrected chi connectivity index (χ2v) is 16.2. The number of fused-ring (bicyclic) bond motifs is 1. The summed E-state index contributed by atoms with van der Waals surface area (Å²) in [5.74, 6) is -70.5. The van der Waals surface area contributed by atoms with Crippen LogP contribution < -0.4 is 31.4 Å². The zero-order valence-electron chi connectivity index (χ0n) is 36.7. The van der Waals surface area contributed by atoms with Crippen LogP contribution in [0.1, 0.15) is 63.9 Å². The lowest BCUT2D eigenvalue weighted by Crippen LogP contribution is -2.81. The van der Waals surface area contributed by atoms with Crippen LogP contribution in [-0.2, 0) is 6.42 Å². The highest BCUT2D eigenvalue weighted by atomic mass is 19.2. The monoisotopic (exact) mass is 1040 g/mol. The molecule has 1 aromatic heterocycles. The first-order valence-electron chi connectivity index (χ1n) is 21.5. The van der Waals surface area contributed by atoms with Crippen LogP contribution in [0.2, 0.25) is 0 Å². The van der Waals surface area contributed by atoms with Crippen molar-refractivity contribution < 1.29 is 97.4 Å². The Balaban J connectivity index is 0.000000266. The minimum Gasteiger partial charge on any atom is -0.231 e. The quantitative estimate of drug-likeness (QED) is 0.0249. The molecular weight excluding hydrogens is 1010 g/mol. The number of benzene rings is 6. The van der Waals surface area contributed by atoms with Gasteiger partial charge in [0.15, 0.2) is 69.8 Å². The first-order chi connectivity index (χ1) is 34.1. The van der Waals surface area contributed by atoms with Gasteiger partial charge in [0.2, 0.25) is 11.9 Å². The second kappa shape index (κ2) is 22.3. The van der Waals surface area contributed by atoms with Crippen LogP contribution in [0, 0.1) is 116 Å². The molecule has 7 aromatic rings. The number of rotatable bonds is 15. The molecule has 2 nitrogen and oxygen atoms in total. The average Bonchev–Trinajstić information content (AvgIpc) is 3.37. The third-order valence-corrected chi connectivity index (χ3v) is 11.8. The molecule has 7 rings (SSSR count). The van der Waals surface area contributed by atoms with Gasteiger partial charge in [0.05, 0.1) is 5.39 Å². The topological polar surface area (TPSA) is 13.1 Å². The van der Waals surface area contributed by atoms with Crippen LogP contribution >= 0.6 is 0 Å². The van der Waals surface area contributed by atoms with Gasteiger partial charge in [0.1, 0.15) is 52.7 Å². The van der Waals surface area contributed by atoms with Crippen molar-refractivity contribution >= 4 is 38.9 Å². The van der Waals surface area contributed by atoms with E-state index >= 15 is 35.1 Å². The molecule has 0 aliphatic heterocycles. The second-order valence-electron chi connectivity index (χ2n) is 16.2. The van der Waals surface area contributed by atoms with E-state index < -0.39 is 144 Å². The van der Waals surface area contributed by atoms with Gasteiger partial charge >= 0.3 is 0 Å². The van der Waals surface area contributed by atoms with Crippen molar-refractivity contribution in [3.05, 3.63) is 189 Å². The van der Waals surface area contributed by atoms with Gasteiger partial charge in [-0.05, 0) is 42.7 Å². The summed E-state index contributed by atoms with van der Waals surface area (Å²) in [7, 11) is 0. The van der Waals surface area contributed by atoms with Crippen molar-refractivity contribution in [3.63, 3.8) is 0 Å². The Bertz CT molecular complexity index is 2780. The molecule has 72 heavy (non-hydrogen) atoms. The maximum Gasteiger partial charge on any atom is 0.265 e. The third kappa shape index (κ3) is 9.77. The first kappa shape index (κ1) is 54.5. The molecule has 0 unspecified atom stereocenters. The number of para-hydroxylation sites is 1. The van der Waals surface area contributed by atoms with E-state index in [1.807, 2.05) is 29.1 Å². The molecule has 0 aliphatic rings. The van der Waals surface area contributed by atoms with Crippen molar-refractivity contribution in [3.8, 4) is 5.75 Å². The summed E-state index contributed by atoms with van der Waals surface area (Å²) < 4.78 is 296. The van der Waals surface area contributed by atoms with Crippen molar-refractivity contribution in [2.24, 2.45) is 0 Å². The predicted octanol–water partition coefficient (Wildman–Crippen LogP) is 12.5. The van der Waals surface area contributed by atoms with E-state index in [0.717, 1.165) is 17.7 Å². The predicted molar refractivity (Wildman–Crippen MR) is 222 cm³/mol. The van der Waals surface area contributed by atoms with Gasteiger partial charge in [0, 0.05) is 16.9 Å². The van der Waals surface area contributed by atoms with Gasteiger partial charge < -0.3 is 0 Å². The summed E-state index contributed by atoms with van der Waals surface area (Å²) >= 11 is 0. The third-order valence-electron chi connectivity index (χ3n) is 11.8. The minimum atomic E-state index is -7.22. The van der Waals surface area contributed by atoms with E-state index in [1.54, 1.807) is 0 Å². The summed E-state index contributed by atoms with van der Waals surface area (Å²) in [5, 5.41) is 1.17.